The van der Waals surface area contributed by atoms with Gasteiger partial charge in [0.1, 0.15) is 12.4 Å². The van der Waals surface area contributed by atoms with Crippen molar-refractivity contribution in [3.8, 4) is 5.75 Å². The van der Waals surface area contributed by atoms with E-state index in [2.05, 4.69) is 35.2 Å². The van der Waals surface area contributed by atoms with Crippen LogP contribution in [-0.2, 0) is 21.5 Å². The Hall–Kier alpha value is -2.53. The molecule has 5 nitrogen and oxygen atoms in total. The second-order valence-corrected chi connectivity index (χ2v) is 7.91. The summed E-state index contributed by atoms with van der Waals surface area (Å²) in [7, 11) is 0. The molecule has 3 aliphatic rings. The van der Waals surface area contributed by atoms with Gasteiger partial charge in [0.2, 0.25) is 5.91 Å². The Balaban J connectivity index is 1.39. The first-order valence-corrected chi connectivity index (χ1v) is 10.2. The highest BCUT2D eigenvalue weighted by Crippen LogP contribution is 2.50. The van der Waals surface area contributed by atoms with E-state index in [1.165, 1.54) is 5.69 Å². The summed E-state index contributed by atoms with van der Waals surface area (Å²) in [5, 5.41) is 0. The predicted octanol–water partition coefficient (Wildman–Crippen LogP) is 2.98. The zero-order valence-corrected chi connectivity index (χ0v) is 16.1. The molecule has 28 heavy (non-hydrogen) atoms. The third-order valence-corrected chi connectivity index (χ3v) is 6.17. The second-order valence-electron chi connectivity index (χ2n) is 7.91. The van der Waals surface area contributed by atoms with Crippen LogP contribution in [0.25, 0.3) is 0 Å². The molecule has 5 heteroatoms. The van der Waals surface area contributed by atoms with E-state index in [1.807, 2.05) is 23.1 Å². The molecule has 2 heterocycles. The summed E-state index contributed by atoms with van der Waals surface area (Å²) in [6.45, 7) is 5.12. The van der Waals surface area contributed by atoms with Gasteiger partial charge in [0.05, 0.1) is 25.2 Å². The number of hydrogen-bond donors (Lipinski definition) is 0. The van der Waals surface area contributed by atoms with E-state index in [0.29, 0.717) is 19.7 Å². The van der Waals surface area contributed by atoms with Crippen molar-refractivity contribution in [3.63, 3.8) is 0 Å². The van der Waals surface area contributed by atoms with Gasteiger partial charge in [-0.2, -0.15) is 0 Å². The van der Waals surface area contributed by atoms with Gasteiger partial charge in [0.25, 0.3) is 0 Å². The van der Waals surface area contributed by atoms with Crippen molar-refractivity contribution in [2.45, 2.75) is 24.8 Å². The third kappa shape index (κ3) is 3.14. The van der Waals surface area contributed by atoms with E-state index in [9.17, 15) is 4.79 Å². The Kier molecular flexibility index (Phi) is 4.47. The van der Waals surface area contributed by atoms with Crippen molar-refractivity contribution in [3.05, 3.63) is 59.7 Å². The molecule has 146 valence electrons. The first kappa shape index (κ1) is 17.6. The lowest BCUT2D eigenvalue weighted by Gasteiger charge is -2.30. The van der Waals surface area contributed by atoms with Crippen molar-refractivity contribution in [1.29, 1.82) is 0 Å². The fourth-order valence-electron chi connectivity index (χ4n) is 4.38. The zero-order chi connectivity index (χ0) is 19.0. The number of amides is 1. The topological polar surface area (TPSA) is 42.0 Å². The van der Waals surface area contributed by atoms with E-state index < -0.39 is 0 Å². The number of carbonyl (C=O) groups excluding carboxylic acids is 1. The highest BCUT2D eigenvalue weighted by Gasteiger charge is 2.53. The molecule has 0 aromatic heterocycles. The lowest BCUT2D eigenvalue weighted by Crippen LogP contribution is -2.40. The number of benzene rings is 2. The number of morpholine rings is 1. The van der Waals surface area contributed by atoms with E-state index in [1.54, 1.807) is 0 Å². The largest absolute Gasteiger partial charge is 0.491 e. The van der Waals surface area contributed by atoms with E-state index in [4.69, 9.17) is 9.47 Å². The Morgan fingerprint density at radius 2 is 1.71 bits per heavy atom. The molecular formula is C23H26N2O3. The summed E-state index contributed by atoms with van der Waals surface area (Å²) in [5.41, 5.74) is 3.10. The second kappa shape index (κ2) is 7.13. The van der Waals surface area contributed by atoms with Crippen LogP contribution in [0.5, 0.6) is 5.75 Å². The minimum Gasteiger partial charge on any atom is -0.491 e. The van der Waals surface area contributed by atoms with Crippen LogP contribution in [0.3, 0.4) is 0 Å². The van der Waals surface area contributed by atoms with Crippen LogP contribution in [0, 0.1) is 0 Å². The zero-order valence-electron chi connectivity index (χ0n) is 16.1. The minimum absolute atomic E-state index is 0.243. The highest BCUT2D eigenvalue weighted by atomic mass is 16.5. The average molecular weight is 378 g/mol. The quantitative estimate of drug-likeness (QED) is 0.824. The Morgan fingerprint density at radius 1 is 0.929 bits per heavy atom. The number of nitrogens with zero attached hydrogens (tertiary/aromatic N) is 2. The molecule has 2 aliphatic heterocycles. The van der Waals surface area contributed by atoms with Gasteiger partial charge in [-0.3, -0.25) is 4.79 Å². The van der Waals surface area contributed by atoms with Gasteiger partial charge in [0, 0.05) is 30.9 Å². The summed E-state index contributed by atoms with van der Waals surface area (Å²) in [4.78, 5) is 17.8. The van der Waals surface area contributed by atoms with Crippen LogP contribution in [0.4, 0.5) is 5.69 Å². The molecule has 0 bridgehead atoms. The fraction of sp³-hybridized carbons (Fsp3) is 0.435. The number of ether oxygens (including phenoxy) is 2. The number of anilines is 1. The Labute approximate surface area is 165 Å². The monoisotopic (exact) mass is 378 g/mol. The summed E-state index contributed by atoms with van der Waals surface area (Å²) in [5.74, 6) is 1.14. The maximum atomic E-state index is 13.5. The van der Waals surface area contributed by atoms with Gasteiger partial charge >= 0.3 is 0 Å². The molecule has 2 aromatic carbocycles. The van der Waals surface area contributed by atoms with Crippen LogP contribution in [0.2, 0.25) is 0 Å². The smallest absolute Gasteiger partial charge is 0.233 e. The number of rotatable bonds is 3. The molecule has 0 spiro atoms. The van der Waals surface area contributed by atoms with Gasteiger partial charge in [-0.05, 0) is 36.6 Å². The van der Waals surface area contributed by atoms with Crippen molar-refractivity contribution in [2.24, 2.45) is 0 Å². The molecule has 5 rings (SSSR count). The molecule has 2 aromatic rings. The summed E-state index contributed by atoms with van der Waals surface area (Å²) in [6, 6.07) is 16.6. The molecular weight excluding hydrogens is 352 g/mol. The normalized spacial score (nSPS) is 20.7. The molecule has 1 amide bonds. The summed E-state index contributed by atoms with van der Waals surface area (Å²) in [6.07, 6.45) is 1.88. The Bertz CT molecular complexity index is 857. The maximum Gasteiger partial charge on any atom is 0.233 e. The van der Waals surface area contributed by atoms with Crippen LogP contribution < -0.4 is 9.64 Å². The number of carbonyl (C=O) groups is 1. The van der Waals surface area contributed by atoms with Crippen LogP contribution in [0.1, 0.15) is 24.0 Å². The van der Waals surface area contributed by atoms with Crippen molar-refractivity contribution in [1.82, 2.24) is 4.90 Å². The first-order chi connectivity index (χ1) is 13.8. The molecule has 0 radical (unpaired) electrons. The standard InChI is InChI=1S/C23H26N2O3/c26-22(23(8-9-23)19-4-2-1-3-5-19)25-12-15-28-21-7-6-20(16-18(21)17-25)24-10-13-27-14-11-24/h1-7,16H,8-15,17H2. The highest BCUT2D eigenvalue weighted by molar-refractivity contribution is 5.91. The molecule has 1 saturated heterocycles. The molecule has 2 fully saturated rings. The fourth-order valence-corrected chi connectivity index (χ4v) is 4.38. The minimum atomic E-state index is -0.326. The van der Waals surface area contributed by atoms with E-state index >= 15 is 0 Å². The SMILES string of the molecule is O=C(N1CCOc2ccc(N3CCOCC3)cc2C1)C1(c2ccccc2)CC1. The number of fused-ring (bicyclic) bond motifs is 1. The number of hydrogen-bond acceptors (Lipinski definition) is 4. The third-order valence-electron chi connectivity index (χ3n) is 6.17. The molecule has 1 aliphatic carbocycles. The molecule has 0 N–H and O–H groups in total. The maximum absolute atomic E-state index is 13.5. The van der Waals surface area contributed by atoms with Gasteiger partial charge < -0.3 is 19.3 Å². The van der Waals surface area contributed by atoms with Crippen LogP contribution in [0.15, 0.2) is 48.5 Å². The van der Waals surface area contributed by atoms with Gasteiger partial charge in [0.15, 0.2) is 0 Å². The first-order valence-electron chi connectivity index (χ1n) is 10.2. The molecule has 0 unspecified atom stereocenters. The predicted molar refractivity (Wildman–Crippen MR) is 108 cm³/mol. The van der Waals surface area contributed by atoms with Crippen molar-refractivity contribution >= 4 is 11.6 Å². The van der Waals surface area contributed by atoms with Gasteiger partial charge in [-0.25, -0.2) is 0 Å². The lowest BCUT2D eigenvalue weighted by molar-refractivity contribution is -0.134. The van der Waals surface area contributed by atoms with Gasteiger partial charge in [-0.1, -0.05) is 30.3 Å². The van der Waals surface area contributed by atoms with Crippen molar-refractivity contribution < 1.29 is 14.3 Å². The average Bonchev–Trinajstić information content (AvgIpc) is 3.58. The van der Waals surface area contributed by atoms with Gasteiger partial charge in [-0.15, -0.1) is 0 Å². The lowest BCUT2D eigenvalue weighted by atomic mass is 9.94. The van der Waals surface area contributed by atoms with Crippen LogP contribution in [-0.4, -0.2) is 50.3 Å². The van der Waals surface area contributed by atoms with E-state index in [0.717, 1.165) is 56.0 Å². The Morgan fingerprint density at radius 3 is 2.46 bits per heavy atom. The summed E-state index contributed by atoms with van der Waals surface area (Å²) < 4.78 is 11.4. The van der Waals surface area contributed by atoms with E-state index in [-0.39, 0.29) is 11.3 Å². The van der Waals surface area contributed by atoms with Crippen LogP contribution >= 0.6 is 0 Å². The molecule has 1 saturated carbocycles. The van der Waals surface area contributed by atoms with Crippen molar-refractivity contribution in [2.75, 3.05) is 44.4 Å². The summed E-state index contributed by atoms with van der Waals surface area (Å²) >= 11 is 0. The molecule has 0 atom stereocenters.